The zero-order valence-electron chi connectivity index (χ0n) is 19.1. The number of carbonyl (C=O) groups excluding carboxylic acids is 1. The molecule has 2 aliphatic heterocycles. The smallest absolute Gasteiger partial charge is 0.454 e. The molecule has 5 rings (SSSR count). The number of carbonyl (C=O) groups is 1. The number of para-hydroxylation sites is 1. The van der Waals surface area contributed by atoms with Gasteiger partial charge in [0.2, 0.25) is 5.91 Å². The Kier molecular flexibility index (Phi) is 5.90. The number of hydrogen-bond donors (Lipinski definition) is 1. The first-order valence-corrected chi connectivity index (χ1v) is 11.6. The lowest BCUT2D eigenvalue weighted by Crippen LogP contribution is -2.57. The van der Waals surface area contributed by atoms with Crippen LogP contribution in [0.15, 0.2) is 47.5 Å². The van der Waals surface area contributed by atoms with E-state index in [1.54, 1.807) is 23.5 Å². The molecule has 2 aromatic carbocycles. The van der Waals surface area contributed by atoms with Gasteiger partial charge in [-0.2, -0.15) is 22.0 Å². The Balaban J connectivity index is 1.40. The number of hydrogen-bond acceptors (Lipinski definition) is 5. The summed E-state index contributed by atoms with van der Waals surface area (Å²) in [6.45, 7) is -0.362. The van der Waals surface area contributed by atoms with Crippen molar-refractivity contribution in [2.45, 2.75) is 24.1 Å². The van der Waals surface area contributed by atoms with Gasteiger partial charge in [-0.05, 0) is 43.8 Å². The van der Waals surface area contributed by atoms with E-state index < -0.39 is 36.0 Å². The molecule has 1 saturated carbocycles. The third kappa shape index (κ3) is 4.28. The van der Waals surface area contributed by atoms with Gasteiger partial charge in [0.25, 0.3) is 0 Å². The summed E-state index contributed by atoms with van der Waals surface area (Å²) in [4.78, 5) is 21.4. The number of fused-ring (bicyclic) bond motifs is 2. The Labute approximate surface area is 208 Å². The van der Waals surface area contributed by atoms with Crippen molar-refractivity contribution < 1.29 is 31.5 Å². The molecule has 6 nitrogen and oxygen atoms in total. The van der Waals surface area contributed by atoms with Crippen molar-refractivity contribution in [3.63, 3.8) is 0 Å². The number of nitrogens with zero attached hydrogens (tertiary/aromatic N) is 3. The van der Waals surface area contributed by atoms with Crippen molar-refractivity contribution in [1.29, 1.82) is 0 Å². The first-order chi connectivity index (χ1) is 16.9. The molecule has 3 aliphatic rings. The summed E-state index contributed by atoms with van der Waals surface area (Å²) >= 11 is 6.18. The number of halogens is 6. The van der Waals surface area contributed by atoms with Crippen molar-refractivity contribution >= 4 is 29.0 Å². The van der Waals surface area contributed by atoms with Crippen molar-refractivity contribution in [3.05, 3.63) is 53.1 Å². The normalized spacial score (nSPS) is 23.8. The molecule has 1 unspecified atom stereocenters. The predicted octanol–water partition coefficient (Wildman–Crippen LogP) is 4.84. The summed E-state index contributed by atoms with van der Waals surface area (Å²) in [5, 5.41) is 2.29. The summed E-state index contributed by atoms with van der Waals surface area (Å²) in [6, 6.07) is 12.5. The van der Waals surface area contributed by atoms with Gasteiger partial charge in [0.15, 0.2) is 5.75 Å². The van der Waals surface area contributed by atoms with Gasteiger partial charge in [0.05, 0.1) is 23.6 Å². The van der Waals surface area contributed by atoms with Crippen LogP contribution in [0.25, 0.3) is 0 Å². The maximum Gasteiger partial charge on any atom is 0.455 e. The SMILES string of the molecule is CN1CCN(C2=Nc3cc(Cl)ccc3Oc3ccccc32)CC12C[C@@H]2C(=O)NCC(F)(F)C(F)(F)F. The lowest BCUT2D eigenvalue weighted by Gasteiger charge is -2.42. The molecule has 2 atom stereocenters. The second-order valence-electron chi connectivity index (χ2n) is 9.27. The van der Waals surface area contributed by atoms with E-state index in [9.17, 15) is 26.7 Å². The number of aliphatic imine (C=N–C) groups is 1. The summed E-state index contributed by atoms with van der Waals surface area (Å²) in [5.41, 5.74) is 0.551. The molecule has 12 heteroatoms. The van der Waals surface area contributed by atoms with Crippen LogP contribution in [-0.2, 0) is 4.79 Å². The number of nitrogens with one attached hydrogen (secondary N) is 1. The zero-order valence-corrected chi connectivity index (χ0v) is 19.8. The van der Waals surface area contributed by atoms with Gasteiger partial charge in [-0.1, -0.05) is 23.7 Å². The molecule has 192 valence electrons. The molecule has 2 aromatic rings. The Morgan fingerprint density at radius 1 is 1.17 bits per heavy atom. The fourth-order valence-electron chi connectivity index (χ4n) is 4.79. The highest BCUT2D eigenvalue weighted by Gasteiger charge is 2.64. The molecule has 2 heterocycles. The van der Waals surface area contributed by atoms with Crippen molar-refractivity contribution in [2.24, 2.45) is 10.9 Å². The molecule has 0 bridgehead atoms. The average Bonchev–Trinajstić information content (AvgIpc) is 3.56. The van der Waals surface area contributed by atoms with Gasteiger partial charge >= 0.3 is 12.1 Å². The Bertz CT molecular complexity index is 1240. The van der Waals surface area contributed by atoms with Crippen LogP contribution in [0.1, 0.15) is 12.0 Å². The molecule has 1 spiro atoms. The van der Waals surface area contributed by atoms with Crippen LogP contribution < -0.4 is 10.1 Å². The molecule has 1 amide bonds. The Hall–Kier alpha value is -2.92. The summed E-state index contributed by atoms with van der Waals surface area (Å²) in [5.74, 6) is -4.83. The fraction of sp³-hybridized carbons (Fsp3) is 0.417. The molecule has 0 aromatic heterocycles. The minimum atomic E-state index is -5.73. The molecule has 1 N–H and O–H groups in total. The highest BCUT2D eigenvalue weighted by molar-refractivity contribution is 6.31. The van der Waals surface area contributed by atoms with E-state index in [1.165, 1.54) is 0 Å². The minimum Gasteiger partial charge on any atom is -0.454 e. The molecule has 1 saturated heterocycles. The van der Waals surface area contributed by atoms with Crippen molar-refractivity contribution in [2.75, 3.05) is 33.2 Å². The van der Waals surface area contributed by atoms with E-state index in [-0.39, 0.29) is 0 Å². The highest BCUT2D eigenvalue weighted by atomic mass is 35.5. The van der Waals surface area contributed by atoms with Gasteiger partial charge < -0.3 is 15.0 Å². The molecule has 36 heavy (non-hydrogen) atoms. The Morgan fingerprint density at radius 2 is 1.92 bits per heavy atom. The van der Waals surface area contributed by atoms with E-state index in [4.69, 9.17) is 21.3 Å². The fourth-order valence-corrected chi connectivity index (χ4v) is 4.96. The molecular weight excluding hydrogens is 507 g/mol. The quantitative estimate of drug-likeness (QED) is 0.579. The van der Waals surface area contributed by atoms with Crippen LogP contribution >= 0.6 is 11.6 Å². The van der Waals surface area contributed by atoms with E-state index in [0.717, 1.165) is 5.56 Å². The van der Waals surface area contributed by atoms with Crippen molar-refractivity contribution in [1.82, 2.24) is 15.1 Å². The standard InChI is InChI=1S/C24H22ClF5N4O2/c1-33-8-9-34(13-22(33)11-16(22)21(35)31-12-23(26,27)24(28,29)30)20-15-4-2-3-5-18(15)36-19-7-6-14(25)10-17(19)32-20/h2-7,10,16H,8-9,11-13H2,1H3,(H,31,35)/t16-,22?/m1/s1. The number of amidine groups is 1. The van der Waals surface area contributed by atoms with Crippen LogP contribution in [0.2, 0.25) is 5.02 Å². The maximum absolute atomic E-state index is 13.3. The maximum atomic E-state index is 13.3. The number of rotatable bonds is 3. The minimum absolute atomic E-state index is 0.331. The summed E-state index contributed by atoms with van der Waals surface area (Å²) in [6.07, 6.45) is -5.40. The van der Waals surface area contributed by atoms with Crippen molar-refractivity contribution in [3.8, 4) is 11.5 Å². The second-order valence-corrected chi connectivity index (χ2v) is 9.71. The lowest BCUT2D eigenvalue weighted by molar-refractivity contribution is -0.278. The van der Waals surface area contributed by atoms with Crippen LogP contribution in [0.5, 0.6) is 11.5 Å². The van der Waals surface area contributed by atoms with Gasteiger partial charge in [-0.25, -0.2) is 4.99 Å². The molecule has 1 aliphatic carbocycles. The molecule has 2 fully saturated rings. The summed E-state index contributed by atoms with van der Waals surface area (Å²) < 4.78 is 70.2. The molecule has 0 radical (unpaired) electrons. The largest absolute Gasteiger partial charge is 0.455 e. The number of ether oxygens (including phenoxy) is 1. The van der Waals surface area contributed by atoms with Gasteiger partial charge in [-0.15, -0.1) is 0 Å². The monoisotopic (exact) mass is 528 g/mol. The third-order valence-electron chi connectivity index (χ3n) is 6.99. The van der Waals surface area contributed by atoms with Crippen LogP contribution in [0.3, 0.4) is 0 Å². The van der Waals surface area contributed by atoms with Gasteiger partial charge in [0.1, 0.15) is 17.3 Å². The zero-order chi connectivity index (χ0) is 25.9. The van der Waals surface area contributed by atoms with E-state index >= 15 is 0 Å². The number of benzene rings is 2. The van der Waals surface area contributed by atoms with E-state index in [2.05, 4.69) is 0 Å². The first kappa shape index (κ1) is 24.8. The van der Waals surface area contributed by atoms with Gasteiger partial charge in [0, 0.05) is 24.7 Å². The number of piperazine rings is 1. The van der Waals surface area contributed by atoms with Crippen LogP contribution in [0.4, 0.5) is 27.6 Å². The molecular formula is C24H22ClF5N4O2. The topological polar surface area (TPSA) is 57.2 Å². The van der Waals surface area contributed by atoms with Crippen LogP contribution in [0, 0.1) is 5.92 Å². The first-order valence-electron chi connectivity index (χ1n) is 11.3. The van der Waals surface area contributed by atoms with Crippen LogP contribution in [-0.4, -0.2) is 72.4 Å². The average molecular weight is 529 g/mol. The third-order valence-corrected chi connectivity index (χ3v) is 7.22. The highest BCUT2D eigenvalue weighted by Crippen LogP contribution is 2.51. The lowest BCUT2D eigenvalue weighted by atomic mass is 10.1. The Morgan fingerprint density at radius 3 is 2.67 bits per heavy atom. The van der Waals surface area contributed by atoms with Gasteiger partial charge in [-0.3, -0.25) is 9.69 Å². The predicted molar refractivity (Wildman–Crippen MR) is 123 cm³/mol. The van der Waals surface area contributed by atoms with E-state index in [0.29, 0.717) is 54.1 Å². The number of likely N-dealkylation sites (N-methyl/N-ethyl adjacent to an activating group) is 1. The summed E-state index contributed by atoms with van der Waals surface area (Å²) in [7, 11) is 1.82. The number of alkyl halides is 5. The van der Waals surface area contributed by atoms with E-state index in [1.807, 2.05) is 41.1 Å². The number of amides is 1. The second kappa shape index (κ2) is 8.58.